The van der Waals surface area contributed by atoms with E-state index in [1.165, 1.54) is 22.4 Å². The highest BCUT2D eigenvalue weighted by atomic mass is 79.9. The molecular formula is C16H15BrClN. The molecule has 0 saturated carbocycles. The van der Waals surface area contributed by atoms with Gasteiger partial charge in [0.2, 0.25) is 0 Å². The Kier molecular flexibility index (Phi) is 3.55. The first-order valence-electron chi connectivity index (χ1n) is 6.44. The summed E-state index contributed by atoms with van der Waals surface area (Å²) in [7, 11) is 0. The van der Waals surface area contributed by atoms with Crippen LogP contribution < -0.4 is 5.32 Å². The van der Waals surface area contributed by atoms with Gasteiger partial charge in [0, 0.05) is 15.2 Å². The molecule has 1 aliphatic carbocycles. The lowest BCUT2D eigenvalue weighted by Crippen LogP contribution is -2.08. The summed E-state index contributed by atoms with van der Waals surface area (Å²) in [6.07, 6.45) is 2.22. The van der Waals surface area contributed by atoms with Gasteiger partial charge < -0.3 is 5.32 Å². The van der Waals surface area contributed by atoms with E-state index in [0.29, 0.717) is 6.04 Å². The van der Waals surface area contributed by atoms with Crippen molar-refractivity contribution in [3.8, 4) is 0 Å². The number of anilines is 1. The lowest BCUT2D eigenvalue weighted by atomic mass is 10.1. The first-order valence-corrected chi connectivity index (χ1v) is 7.61. The second-order valence-corrected chi connectivity index (χ2v) is 6.39. The zero-order valence-corrected chi connectivity index (χ0v) is 13.1. The molecule has 19 heavy (non-hydrogen) atoms. The number of hydrogen-bond donors (Lipinski definition) is 1. The quantitative estimate of drug-likeness (QED) is 0.762. The number of fused-ring (bicyclic) bond motifs is 1. The van der Waals surface area contributed by atoms with Crippen molar-refractivity contribution >= 4 is 33.2 Å². The molecule has 0 bridgehead atoms. The van der Waals surface area contributed by atoms with Crippen LogP contribution in [-0.2, 0) is 6.42 Å². The second kappa shape index (κ2) is 5.18. The molecule has 1 N–H and O–H groups in total. The molecule has 0 heterocycles. The Morgan fingerprint density at radius 1 is 1.21 bits per heavy atom. The normalized spacial score (nSPS) is 17.3. The van der Waals surface area contributed by atoms with Gasteiger partial charge in [-0.1, -0.05) is 39.7 Å². The molecule has 0 aliphatic heterocycles. The molecule has 0 saturated heterocycles. The Morgan fingerprint density at radius 2 is 2.05 bits per heavy atom. The van der Waals surface area contributed by atoms with Gasteiger partial charge in [0.25, 0.3) is 0 Å². The zero-order chi connectivity index (χ0) is 13.4. The Bertz CT molecular complexity index is 624. The summed E-state index contributed by atoms with van der Waals surface area (Å²) < 4.78 is 1.11. The predicted molar refractivity (Wildman–Crippen MR) is 85.0 cm³/mol. The van der Waals surface area contributed by atoms with Crippen LogP contribution in [-0.4, -0.2) is 0 Å². The van der Waals surface area contributed by atoms with Crippen LogP contribution in [0, 0.1) is 6.92 Å². The summed E-state index contributed by atoms with van der Waals surface area (Å²) in [6.45, 7) is 2.13. The van der Waals surface area contributed by atoms with Gasteiger partial charge in [0.15, 0.2) is 0 Å². The highest BCUT2D eigenvalue weighted by Crippen LogP contribution is 2.36. The van der Waals surface area contributed by atoms with Crippen LogP contribution in [0.1, 0.15) is 29.2 Å². The van der Waals surface area contributed by atoms with E-state index >= 15 is 0 Å². The summed E-state index contributed by atoms with van der Waals surface area (Å²) in [5, 5.41) is 4.48. The summed E-state index contributed by atoms with van der Waals surface area (Å²) in [5.74, 6) is 0. The van der Waals surface area contributed by atoms with E-state index in [1.54, 1.807) is 0 Å². The molecule has 0 radical (unpaired) electrons. The molecule has 1 unspecified atom stereocenters. The Balaban J connectivity index is 1.88. The molecule has 98 valence electrons. The van der Waals surface area contributed by atoms with Gasteiger partial charge >= 0.3 is 0 Å². The third kappa shape index (κ3) is 2.65. The number of halogens is 2. The van der Waals surface area contributed by atoms with E-state index in [2.05, 4.69) is 58.5 Å². The second-order valence-electron chi connectivity index (χ2n) is 5.04. The molecule has 3 rings (SSSR count). The average Bonchev–Trinajstić information content (AvgIpc) is 2.76. The van der Waals surface area contributed by atoms with E-state index < -0.39 is 0 Å². The van der Waals surface area contributed by atoms with Gasteiger partial charge in [-0.05, 0) is 60.7 Å². The van der Waals surface area contributed by atoms with Crippen LogP contribution in [0.4, 0.5) is 5.69 Å². The standard InChI is InChI=1S/C16H15BrClN/c1-10-2-4-12(17)9-16(10)19-15-7-3-11-8-13(18)5-6-14(11)15/h2,4-6,8-9,15,19H,3,7H2,1H3. The number of benzene rings is 2. The van der Waals surface area contributed by atoms with E-state index in [1.807, 2.05) is 6.07 Å². The maximum absolute atomic E-state index is 6.05. The van der Waals surface area contributed by atoms with Crippen LogP contribution in [0.15, 0.2) is 40.9 Å². The summed E-state index contributed by atoms with van der Waals surface area (Å²) in [5.41, 5.74) is 5.22. The monoisotopic (exact) mass is 335 g/mol. The van der Waals surface area contributed by atoms with E-state index in [-0.39, 0.29) is 0 Å². The van der Waals surface area contributed by atoms with Crippen LogP contribution in [0.3, 0.4) is 0 Å². The number of rotatable bonds is 2. The van der Waals surface area contributed by atoms with Crippen molar-refractivity contribution in [2.75, 3.05) is 5.32 Å². The van der Waals surface area contributed by atoms with Crippen LogP contribution in [0.25, 0.3) is 0 Å². The minimum atomic E-state index is 0.389. The molecule has 3 heteroatoms. The SMILES string of the molecule is Cc1ccc(Br)cc1NC1CCc2cc(Cl)ccc21. The largest absolute Gasteiger partial charge is 0.378 e. The molecule has 0 spiro atoms. The molecule has 1 atom stereocenters. The van der Waals surface area contributed by atoms with E-state index in [0.717, 1.165) is 22.3 Å². The first kappa shape index (κ1) is 13.0. The van der Waals surface area contributed by atoms with Crippen molar-refractivity contribution in [3.63, 3.8) is 0 Å². The van der Waals surface area contributed by atoms with Crippen molar-refractivity contribution in [1.29, 1.82) is 0 Å². The van der Waals surface area contributed by atoms with Crippen molar-refractivity contribution in [3.05, 3.63) is 62.6 Å². The molecule has 1 aliphatic rings. The third-order valence-corrected chi connectivity index (χ3v) is 4.44. The van der Waals surface area contributed by atoms with Crippen molar-refractivity contribution in [1.82, 2.24) is 0 Å². The van der Waals surface area contributed by atoms with Crippen molar-refractivity contribution < 1.29 is 0 Å². The van der Waals surface area contributed by atoms with Crippen molar-refractivity contribution in [2.45, 2.75) is 25.8 Å². The van der Waals surface area contributed by atoms with Gasteiger partial charge in [-0.15, -0.1) is 0 Å². The van der Waals surface area contributed by atoms with Gasteiger partial charge in [0.05, 0.1) is 6.04 Å². The van der Waals surface area contributed by atoms with Gasteiger partial charge in [0.1, 0.15) is 0 Å². The Morgan fingerprint density at radius 3 is 2.89 bits per heavy atom. The minimum absolute atomic E-state index is 0.389. The molecule has 1 nitrogen and oxygen atoms in total. The fourth-order valence-electron chi connectivity index (χ4n) is 2.67. The van der Waals surface area contributed by atoms with E-state index in [9.17, 15) is 0 Å². The fraction of sp³-hybridized carbons (Fsp3) is 0.250. The maximum atomic E-state index is 6.05. The molecule has 0 fully saturated rings. The van der Waals surface area contributed by atoms with Crippen LogP contribution >= 0.6 is 27.5 Å². The highest BCUT2D eigenvalue weighted by molar-refractivity contribution is 9.10. The Labute approximate surface area is 127 Å². The first-order chi connectivity index (χ1) is 9.13. The minimum Gasteiger partial charge on any atom is -0.378 e. The lowest BCUT2D eigenvalue weighted by Gasteiger charge is -2.17. The molecular weight excluding hydrogens is 322 g/mol. The molecule has 0 aromatic heterocycles. The molecule has 2 aromatic rings. The number of hydrogen-bond acceptors (Lipinski definition) is 1. The predicted octanol–water partition coefficient (Wildman–Crippen LogP) is 5.51. The average molecular weight is 337 g/mol. The smallest absolute Gasteiger partial charge is 0.0519 e. The number of aryl methyl sites for hydroxylation is 2. The summed E-state index contributed by atoms with van der Waals surface area (Å²) >= 11 is 9.58. The van der Waals surface area contributed by atoms with Gasteiger partial charge in [-0.2, -0.15) is 0 Å². The lowest BCUT2D eigenvalue weighted by molar-refractivity contribution is 0.761. The molecule has 0 amide bonds. The van der Waals surface area contributed by atoms with Crippen molar-refractivity contribution in [2.24, 2.45) is 0 Å². The maximum Gasteiger partial charge on any atom is 0.0519 e. The summed E-state index contributed by atoms with van der Waals surface area (Å²) in [4.78, 5) is 0. The summed E-state index contributed by atoms with van der Waals surface area (Å²) in [6, 6.07) is 13.0. The number of nitrogens with one attached hydrogen (secondary N) is 1. The van der Waals surface area contributed by atoms with Crippen LogP contribution in [0.2, 0.25) is 5.02 Å². The topological polar surface area (TPSA) is 12.0 Å². The Hall–Kier alpha value is -0.990. The highest BCUT2D eigenvalue weighted by Gasteiger charge is 2.22. The zero-order valence-electron chi connectivity index (χ0n) is 10.7. The third-order valence-electron chi connectivity index (χ3n) is 3.71. The van der Waals surface area contributed by atoms with Gasteiger partial charge in [-0.25, -0.2) is 0 Å². The van der Waals surface area contributed by atoms with Gasteiger partial charge in [-0.3, -0.25) is 0 Å². The van der Waals surface area contributed by atoms with E-state index in [4.69, 9.17) is 11.6 Å². The van der Waals surface area contributed by atoms with Crippen LogP contribution in [0.5, 0.6) is 0 Å². The molecule has 2 aromatic carbocycles. The fourth-order valence-corrected chi connectivity index (χ4v) is 3.23.